The first-order valence-corrected chi connectivity index (χ1v) is 9.34. The summed E-state index contributed by atoms with van der Waals surface area (Å²) in [6.07, 6.45) is 2.58. The molecule has 1 fully saturated rings. The maximum absolute atomic E-state index is 11.8. The number of hydrogen-bond donors (Lipinski definition) is 1. The summed E-state index contributed by atoms with van der Waals surface area (Å²) < 4.78 is 16.2. The number of amides is 1. The molecule has 0 saturated carbocycles. The van der Waals surface area contributed by atoms with Crippen LogP contribution >= 0.6 is 0 Å². The number of carbonyl (C=O) groups excluding carboxylic acids is 1. The van der Waals surface area contributed by atoms with E-state index in [9.17, 15) is 4.79 Å². The molecule has 1 N–H and O–H groups in total. The summed E-state index contributed by atoms with van der Waals surface area (Å²) in [6, 6.07) is 7.85. The Labute approximate surface area is 156 Å². The second-order valence-corrected chi connectivity index (χ2v) is 7.64. The zero-order chi connectivity index (χ0) is 19.0. The molecule has 6 heteroatoms. The van der Waals surface area contributed by atoms with Gasteiger partial charge in [0.2, 0.25) is 0 Å². The van der Waals surface area contributed by atoms with Crippen LogP contribution < -0.4 is 14.8 Å². The van der Waals surface area contributed by atoms with Gasteiger partial charge in [0.15, 0.2) is 0 Å². The van der Waals surface area contributed by atoms with E-state index in [1.165, 1.54) is 0 Å². The number of alkyl carbamates (subject to hydrolysis) is 1. The Morgan fingerprint density at radius 1 is 1.15 bits per heavy atom. The van der Waals surface area contributed by atoms with E-state index >= 15 is 0 Å². The van der Waals surface area contributed by atoms with Gasteiger partial charge in [-0.25, -0.2) is 4.79 Å². The first kappa shape index (κ1) is 20.4. The molecule has 26 heavy (non-hydrogen) atoms. The van der Waals surface area contributed by atoms with Crippen LogP contribution in [0.1, 0.15) is 40.0 Å². The van der Waals surface area contributed by atoms with Crippen molar-refractivity contribution in [2.75, 3.05) is 33.4 Å². The van der Waals surface area contributed by atoms with E-state index in [1.807, 2.05) is 45.0 Å². The highest BCUT2D eigenvalue weighted by atomic mass is 16.6. The van der Waals surface area contributed by atoms with Crippen LogP contribution in [0.5, 0.6) is 11.5 Å². The number of benzene rings is 1. The third kappa shape index (κ3) is 7.52. The maximum atomic E-state index is 11.8. The lowest BCUT2D eigenvalue weighted by molar-refractivity contribution is 0.0478. The van der Waals surface area contributed by atoms with Crippen LogP contribution in [-0.4, -0.2) is 56.0 Å². The van der Waals surface area contributed by atoms with Gasteiger partial charge in [-0.3, -0.25) is 0 Å². The highest BCUT2D eigenvalue weighted by Crippen LogP contribution is 2.17. The molecule has 0 aromatic heterocycles. The molecular formula is C20H32N2O4. The highest BCUT2D eigenvalue weighted by molar-refractivity contribution is 5.68. The largest absolute Gasteiger partial charge is 0.497 e. The minimum Gasteiger partial charge on any atom is -0.497 e. The summed E-state index contributed by atoms with van der Waals surface area (Å²) in [6.45, 7) is 9.32. The standard InChI is InChI=1S/C20H32N2O4/c1-20(2,3)26-19(23)21-16-10-13-22(14-11-16)12-5-15-25-18-8-6-17(24-4)7-9-18/h6-9,16H,5,10-15H2,1-4H3,(H,21,23). The van der Waals surface area contributed by atoms with Crippen LogP contribution in [0, 0.1) is 0 Å². The van der Waals surface area contributed by atoms with Crippen molar-refractivity contribution >= 4 is 6.09 Å². The van der Waals surface area contributed by atoms with Crippen molar-refractivity contribution in [2.24, 2.45) is 0 Å². The molecule has 1 amide bonds. The Morgan fingerprint density at radius 2 is 1.77 bits per heavy atom. The number of carbonyl (C=O) groups is 1. The molecular weight excluding hydrogens is 332 g/mol. The predicted molar refractivity (Wildman–Crippen MR) is 102 cm³/mol. The SMILES string of the molecule is COc1ccc(OCCCN2CCC(NC(=O)OC(C)(C)C)CC2)cc1. The smallest absolute Gasteiger partial charge is 0.407 e. The summed E-state index contributed by atoms with van der Waals surface area (Å²) in [5.41, 5.74) is -0.450. The van der Waals surface area contributed by atoms with Crippen LogP contribution in [0.4, 0.5) is 4.79 Å². The first-order valence-electron chi connectivity index (χ1n) is 9.34. The van der Waals surface area contributed by atoms with Crippen LogP contribution in [0.25, 0.3) is 0 Å². The van der Waals surface area contributed by atoms with Crippen molar-refractivity contribution in [1.29, 1.82) is 0 Å². The molecule has 0 spiro atoms. The molecule has 0 atom stereocenters. The lowest BCUT2D eigenvalue weighted by atomic mass is 10.1. The Bertz CT molecular complexity index is 546. The van der Waals surface area contributed by atoms with Gasteiger partial charge in [0, 0.05) is 25.7 Å². The van der Waals surface area contributed by atoms with E-state index in [0.717, 1.165) is 50.4 Å². The minimum atomic E-state index is -0.450. The topological polar surface area (TPSA) is 60.0 Å². The van der Waals surface area contributed by atoms with Gasteiger partial charge in [0.1, 0.15) is 17.1 Å². The normalized spacial score (nSPS) is 16.2. The van der Waals surface area contributed by atoms with E-state index in [4.69, 9.17) is 14.2 Å². The Morgan fingerprint density at radius 3 is 2.35 bits per heavy atom. The highest BCUT2D eigenvalue weighted by Gasteiger charge is 2.23. The molecule has 1 aromatic carbocycles. The van der Waals surface area contributed by atoms with Crippen molar-refractivity contribution in [1.82, 2.24) is 10.2 Å². The third-order valence-electron chi connectivity index (χ3n) is 4.26. The molecule has 6 nitrogen and oxygen atoms in total. The van der Waals surface area contributed by atoms with Crippen molar-refractivity contribution in [3.8, 4) is 11.5 Å². The summed E-state index contributed by atoms with van der Waals surface area (Å²) in [7, 11) is 1.65. The van der Waals surface area contributed by atoms with E-state index < -0.39 is 5.60 Å². The first-order chi connectivity index (χ1) is 12.4. The van der Waals surface area contributed by atoms with Gasteiger partial charge in [0.25, 0.3) is 0 Å². The van der Waals surface area contributed by atoms with Crippen LogP contribution in [-0.2, 0) is 4.74 Å². The van der Waals surface area contributed by atoms with Crippen molar-refractivity contribution in [2.45, 2.75) is 51.7 Å². The second kappa shape index (κ2) is 9.67. The molecule has 1 saturated heterocycles. The average Bonchev–Trinajstić information content (AvgIpc) is 2.59. The number of likely N-dealkylation sites (tertiary alicyclic amines) is 1. The summed E-state index contributed by atoms with van der Waals surface area (Å²) in [5.74, 6) is 1.70. The summed E-state index contributed by atoms with van der Waals surface area (Å²) in [4.78, 5) is 14.2. The number of hydrogen-bond acceptors (Lipinski definition) is 5. The van der Waals surface area contributed by atoms with Crippen molar-refractivity contribution in [3.05, 3.63) is 24.3 Å². The molecule has 1 aromatic rings. The van der Waals surface area contributed by atoms with E-state index in [1.54, 1.807) is 7.11 Å². The van der Waals surface area contributed by atoms with Gasteiger partial charge in [-0.2, -0.15) is 0 Å². The number of ether oxygens (including phenoxy) is 3. The zero-order valence-electron chi connectivity index (χ0n) is 16.4. The Hall–Kier alpha value is -1.95. The number of methoxy groups -OCH3 is 1. The molecule has 2 rings (SSSR count). The van der Waals surface area contributed by atoms with Gasteiger partial charge in [-0.15, -0.1) is 0 Å². The molecule has 1 aliphatic heterocycles. The molecule has 0 bridgehead atoms. The molecule has 146 valence electrons. The predicted octanol–water partition coefficient (Wildman–Crippen LogP) is 3.45. The van der Waals surface area contributed by atoms with Crippen LogP contribution in [0.3, 0.4) is 0 Å². The van der Waals surface area contributed by atoms with Crippen molar-refractivity contribution < 1.29 is 19.0 Å². The fourth-order valence-electron chi connectivity index (χ4n) is 2.93. The fourth-order valence-corrected chi connectivity index (χ4v) is 2.93. The van der Waals surface area contributed by atoms with Gasteiger partial charge in [0.05, 0.1) is 13.7 Å². The van der Waals surface area contributed by atoms with E-state index in [-0.39, 0.29) is 12.1 Å². The number of piperidine rings is 1. The monoisotopic (exact) mass is 364 g/mol. The van der Waals surface area contributed by atoms with E-state index in [2.05, 4.69) is 10.2 Å². The zero-order valence-corrected chi connectivity index (χ0v) is 16.4. The van der Waals surface area contributed by atoms with Gasteiger partial charge < -0.3 is 24.4 Å². The van der Waals surface area contributed by atoms with E-state index in [0.29, 0.717) is 6.61 Å². The molecule has 1 heterocycles. The fraction of sp³-hybridized carbons (Fsp3) is 0.650. The van der Waals surface area contributed by atoms with Gasteiger partial charge in [-0.1, -0.05) is 0 Å². The average molecular weight is 364 g/mol. The number of rotatable bonds is 7. The van der Waals surface area contributed by atoms with Gasteiger partial charge >= 0.3 is 6.09 Å². The summed E-state index contributed by atoms with van der Waals surface area (Å²) >= 11 is 0. The molecule has 0 unspecified atom stereocenters. The van der Waals surface area contributed by atoms with Crippen molar-refractivity contribution in [3.63, 3.8) is 0 Å². The third-order valence-corrected chi connectivity index (χ3v) is 4.26. The second-order valence-electron chi connectivity index (χ2n) is 7.64. The number of nitrogens with zero attached hydrogens (tertiary/aromatic N) is 1. The lowest BCUT2D eigenvalue weighted by Crippen LogP contribution is -2.46. The molecule has 0 aliphatic carbocycles. The summed E-state index contributed by atoms with van der Waals surface area (Å²) in [5, 5.41) is 2.97. The maximum Gasteiger partial charge on any atom is 0.407 e. The molecule has 1 aliphatic rings. The quantitative estimate of drug-likeness (QED) is 0.751. The lowest BCUT2D eigenvalue weighted by Gasteiger charge is -2.32. The Balaban J connectivity index is 1.58. The van der Waals surface area contributed by atoms with Gasteiger partial charge in [-0.05, 0) is 64.3 Å². The number of nitrogens with one attached hydrogen (secondary N) is 1. The molecule has 0 radical (unpaired) electrons. The Kier molecular flexibility index (Phi) is 7.57. The van der Waals surface area contributed by atoms with Crippen LogP contribution in [0.2, 0.25) is 0 Å². The van der Waals surface area contributed by atoms with Crippen LogP contribution in [0.15, 0.2) is 24.3 Å². The minimum absolute atomic E-state index is 0.205.